The number of Topliss-reactive ketones (excluding diaryl/α,β-unsaturated/α-hetero) is 1. The molecule has 5 nitrogen and oxygen atoms in total. The lowest BCUT2D eigenvalue weighted by Gasteiger charge is -2.22. The van der Waals surface area contributed by atoms with Crippen molar-refractivity contribution in [2.24, 2.45) is 0 Å². The number of aromatic nitrogens is 1. The van der Waals surface area contributed by atoms with E-state index in [9.17, 15) is 9.59 Å². The highest BCUT2D eigenvalue weighted by Crippen LogP contribution is 2.16. The summed E-state index contributed by atoms with van der Waals surface area (Å²) >= 11 is 0. The summed E-state index contributed by atoms with van der Waals surface area (Å²) in [6.07, 6.45) is 1.60. The molecule has 2 N–H and O–H groups in total. The standard InChI is InChI=1S/C18H21N3O2/c1-12(22)13-5-7-14(8-6-13)20-17(23)16-11-15(9-10-19-16)21-18(2,3)4/h5-11H,1-4H3,(H,19,21)(H,20,23). The highest BCUT2D eigenvalue weighted by Gasteiger charge is 2.12. The molecular formula is C18H21N3O2. The Morgan fingerprint density at radius 3 is 2.22 bits per heavy atom. The van der Waals surface area contributed by atoms with Crippen molar-refractivity contribution in [1.82, 2.24) is 4.98 Å². The molecule has 1 aromatic heterocycles. The first kappa shape index (κ1) is 16.7. The normalized spacial score (nSPS) is 11.0. The van der Waals surface area contributed by atoms with Crippen LogP contribution < -0.4 is 10.6 Å². The summed E-state index contributed by atoms with van der Waals surface area (Å²) in [7, 11) is 0. The average Bonchev–Trinajstić information content (AvgIpc) is 2.46. The zero-order valence-electron chi connectivity index (χ0n) is 13.8. The first-order valence-corrected chi connectivity index (χ1v) is 7.41. The fourth-order valence-electron chi connectivity index (χ4n) is 2.05. The van der Waals surface area contributed by atoms with Crippen LogP contribution in [-0.2, 0) is 0 Å². The van der Waals surface area contributed by atoms with Gasteiger partial charge < -0.3 is 10.6 Å². The Kier molecular flexibility index (Phi) is 4.79. The number of ketones is 1. The molecule has 0 aliphatic carbocycles. The Morgan fingerprint density at radius 1 is 1.00 bits per heavy atom. The van der Waals surface area contributed by atoms with Gasteiger partial charge in [-0.25, -0.2) is 0 Å². The molecule has 2 aromatic rings. The van der Waals surface area contributed by atoms with Crippen LogP contribution in [0.1, 0.15) is 48.5 Å². The Morgan fingerprint density at radius 2 is 1.65 bits per heavy atom. The summed E-state index contributed by atoms with van der Waals surface area (Å²) in [6.45, 7) is 7.64. The van der Waals surface area contributed by atoms with Gasteiger partial charge in [-0.15, -0.1) is 0 Å². The summed E-state index contributed by atoms with van der Waals surface area (Å²) in [5, 5.41) is 6.08. The van der Waals surface area contributed by atoms with Gasteiger partial charge in [-0.1, -0.05) is 0 Å². The van der Waals surface area contributed by atoms with E-state index >= 15 is 0 Å². The number of hydrogen-bond acceptors (Lipinski definition) is 4. The van der Waals surface area contributed by atoms with E-state index in [1.54, 1.807) is 36.5 Å². The van der Waals surface area contributed by atoms with Gasteiger partial charge in [0.2, 0.25) is 0 Å². The van der Waals surface area contributed by atoms with Gasteiger partial charge in [0.1, 0.15) is 5.69 Å². The molecule has 5 heteroatoms. The number of anilines is 2. The van der Waals surface area contributed by atoms with Gasteiger partial charge >= 0.3 is 0 Å². The number of amides is 1. The number of nitrogens with one attached hydrogen (secondary N) is 2. The molecule has 0 fully saturated rings. The van der Waals surface area contributed by atoms with Gasteiger partial charge in [-0.05, 0) is 64.1 Å². The third-order valence-electron chi connectivity index (χ3n) is 3.06. The first-order valence-electron chi connectivity index (χ1n) is 7.41. The van der Waals surface area contributed by atoms with E-state index in [1.165, 1.54) is 6.92 Å². The Labute approximate surface area is 136 Å². The van der Waals surface area contributed by atoms with Gasteiger partial charge in [0.05, 0.1) is 0 Å². The molecule has 0 unspecified atom stereocenters. The molecule has 0 saturated heterocycles. The zero-order valence-corrected chi connectivity index (χ0v) is 13.8. The van der Waals surface area contributed by atoms with Crippen molar-refractivity contribution in [2.75, 3.05) is 10.6 Å². The van der Waals surface area contributed by atoms with Crippen molar-refractivity contribution < 1.29 is 9.59 Å². The van der Waals surface area contributed by atoms with Crippen molar-refractivity contribution in [3.63, 3.8) is 0 Å². The van der Waals surface area contributed by atoms with Gasteiger partial charge in [0, 0.05) is 28.7 Å². The molecule has 0 aliphatic rings. The third-order valence-corrected chi connectivity index (χ3v) is 3.06. The van der Waals surface area contributed by atoms with Crippen LogP contribution >= 0.6 is 0 Å². The number of carbonyl (C=O) groups is 2. The fourth-order valence-corrected chi connectivity index (χ4v) is 2.05. The van der Waals surface area contributed by atoms with Crippen LogP contribution in [0.25, 0.3) is 0 Å². The smallest absolute Gasteiger partial charge is 0.274 e. The highest BCUT2D eigenvalue weighted by atomic mass is 16.2. The average molecular weight is 311 g/mol. The summed E-state index contributed by atoms with van der Waals surface area (Å²) < 4.78 is 0. The molecule has 1 aromatic carbocycles. The number of pyridine rings is 1. The van der Waals surface area contributed by atoms with Crippen LogP contribution in [0.3, 0.4) is 0 Å². The predicted molar refractivity (Wildman–Crippen MR) is 92.0 cm³/mol. The van der Waals surface area contributed by atoms with E-state index in [0.29, 0.717) is 16.9 Å². The molecular weight excluding hydrogens is 290 g/mol. The fraction of sp³-hybridized carbons (Fsp3) is 0.278. The molecule has 0 bridgehead atoms. The molecule has 120 valence electrons. The van der Waals surface area contributed by atoms with E-state index in [4.69, 9.17) is 0 Å². The third kappa shape index (κ3) is 4.92. The van der Waals surface area contributed by atoms with Crippen LogP contribution in [0.5, 0.6) is 0 Å². The van der Waals surface area contributed by atoms with Crippen LogP contribution in [0.15, 0.2) is 42.6 Å². The molecule has 1 heterocycles. The molecule has 2 rings (SSSR count). The Balaban J connectivity index is 2.11. The number of rotatable bonds is 4. The summed E-state index contributed by atoms with van der Waals surface area (Å²) in [5.41, 5.74) is 2.30. The molecule has 0 radical (unpaired) electrons. The van der Waals surface area contributed by atoms with Crippen LogP contribution in [-0.4, -0.2) is 22.2 Å². The van der Waals surface area contributed by atoms with E-state index in [0.717, 1.165) is 5.69 Å². The monoisotopic (exact) mass is 311 g/mol. The van der Waals surface area contributed by atoms with E-state index in [-0.39, 0.29) is 17.2 Å². The second-order valence-corrected chi connectivity index (χ2v) is 6.39. The van der Waals surface area contributed by atoms with Crippen LogP contribution in [0.4, 0.5) is 11.4 Å². The van der Waals surface area contributed by atoms with E-state index in [2.05, 4.69) is 15.6 Å². The van der Waals surface area contributed by atoms with Crippen molar-refractivity contribution in [1.29, 1.82) is 0 Å². The topological polar surface area (TPSA) is 71.1 Å². The lowest BCUT2D eigenvalue weighted by molar-refractivity contribution is 0.101. The SMILES string of the molecule is CC(=O)c1ccc(NC(=O)c2cc(NC(C)(C)C)ccn2)cc1. The minimum Gasteiger partial charge on any atom is -0.380 e. The van der Waals surface area contributed by atoms with Gasteiger partial charge in [-0.3, -0.25) is 14.6 Å². The van der Waals surface area contributed by atoms with E-state index in [1.807, 2.05) is 26.8 Å². The van der Waals surface area contributed by atoms with Crippen LogP contribution in [0, 0.1) is 0 Å². The van der Waals surface area contributed by atoms with Gasteiger partial charge in [0.15, 0.2) is 5.78 Å². The minimum absolute atomic E-state index is 0.00880. The first-order chi connectivity index (χ1) is 10.7. The zero-order chi connectivity index (χ0) is 17.0. The minimum atomic E-state index is -0.293. The molecule has 0 saturated carbocycles. The quantitative estimate of drug-likeness (QED) is 0.844. The number of nitrogens with zero attached hydrogens (tertiary/aromatic N) is 1. The molecule has 1 amide bonds. The largest absolute Gasteiger partial charge is 0.380 e. The number of benzene rings is 1. The lowest BCUT2D eigenvalue weighted by Crippen LogP contribution is -2.26. The van der Waals surface area contributed by atoms with Gasteiger partial charge in [-0.2, -0.15) is 0 Å². The summed E-state index contributed by atoms with van der Waals surface area (Å²) in [4.78, 5) is 27.6. The molecule has 23 heavy (non-hydrogen) atoms. The van der Waals surface area contributed by atoms with E-state index < -0.39 is 0 Å². The summed E-state index contributed by atoms with van der Waals surface area (Å²) in [6, 6.07) is 10.3. The van der Waals surface area contributed by atoms with Gasteiger partial charge in [0.25, 0.3) is 5.91 Å². The predicted octanol–water partition coefficient (Wildman–Crippen LogP) is 3.75. The second-order valence-electron chi connectivity index (χ2n) is 6.39. The summed E-state index contributed by atoms with van der Waals surface area (Å²) in [5.74, 6) is -0.302. The van der Waals surface area contributed by atoms with Crippen molar-refractivity contribution in [3.8, 4) is 0 Å². The highest BCUT2D eigenvalue weighted by molar-refractivity contribution is 6.03. The lowest BCUT2D eigenvalue weighted by atomic mass is 10.1. The molecule has 0 spiro atoms. The van der Waals surface area contributed by atoms with Crippen molar-refractivity contribution in [2.45, 2.75) is 33.2 Å². The van der Waals surface area contributed by atoms with Crippen molar-refractivity contribution in [3.05, 3.63) is 53.9 Å². The Bertz CT molecular complexity index is 716. The maximum absolute atomic E-state index is 12.3. The number of carbonyl (C=O) groups excluding carboxylic acids is 2. The van der Waals surface area contributed by atoms with Crippen molar-refractivity contribution >= 4 is 23.1 Å². The maximum atomic E-state index is 12.3. The molecule has 0 atom stereocenters. The maximum Gasteiger partial charge on any atom is 0.274 e. The van der Waals surface area contributed by atoms with Crippen LogP contribution in [0.2, 0.25) is 0 Å². The Hall–Kier alpha value is -2.69. The number of hydrogen-bond donors (Lipinski definition) is 2. The second kappa shape index (κ2) is 6.60. The molecule has 0 aliphatic heterocycles.